The average molecular weight is 474 g/mol. The predicted octanol–water partition coefficient (Wildman–Crippen LogP) is 4.82. The molecule has 1 aliphatic rings. The molecule has 1 aromatic heterocycles. The zero-order chi connectivity index (χ0) is 22.6. The molecule has 168 valence electrons. The Labute approximate surface area is 191 Å². The highest BCUT2D eigenvalue weighted by Crippen LogP contribution is 2.28. The van der Waals surface area contributed by atoms with Crippen LogP contribution in [0.5, 0.6) is 5.75 Å². The lowest BCUT2D eigenvalue weighted by Crippen LogP contribution is -2.40. The van der Waals surface area contributed by atoms with Gasteiger partial charge in [-0.05, 0) is 72.7 Å². The maximum Gasteiger partial charge on any atom is 0.243 e. The molecule has 1 atom stereocenters. The lowest BCUT2D eigenvalue weighted by molar-refractivity contribution is -0.122. The fourth-order valence-corrected chi connectivity index (χ4v) is 6.16. The molecule has 0 N–H and O–H groups in total. The molecule has 0 radical (unpaired) electrons. The fraction of sp³-hybridized carbons (Fsp3) is 0.292. The zero-order valence-corrected chi connectivity index (χ0v) is 19.1. The number of Topliss-reactive ketones (excluding diaryl/α,β-unsaturated/α-hetero) is 1. The standard InChI is InChI=1S/C24H24FNO4S2/c25-19-9-11-22(12-10-19)32(28,29)26-14-2-7-23(26)24(27)13-8-18-4-1-5-20(16-18)30-17-21-6-3-15-31-21/h1,3-6,9-12,15-16,23H,2,7-8,13-14,17H2/t23-/m0/s1. The number of ether oxygens (including phenoxy) is 1. The van der Waals surface area contributed by atoms with Crippen molar-refractivity contribution in [2.75, 3.05) is 6.54 Å². The van der Waals surface area contributed by atoms with Crippen LogP contribution >= 0.6 is 11.3 Å². The highest BCUT2D eigenvalue weighted by Gasteiger charge is 2.38. The van der Waals surface area contributed by atoms with Crippen LogP contribution in [0.15, 0.2) is 70.9 Å². The molecule has 1 aliphatic heterocycles. The number of carbonyl (C=O) groups excluding carboxylic acids is 1. The summed E-state index contributed by atoms with van der Waals surface area (Å²) in [4.78, 5) is 14.1. The van der Waals surface area contributed by atoms with E-state index in [1.54, 1.807) is 11.3 Å². The van der Waals surface area contributed by atoms with E-state index in [0.29, 0.717) is 32.4 Å². The molecule has 0 saturated carbocycles. The summed E-state index contributed by atoms with van der Waals surface area (Å²) in [5.74, 6) is 0.141. The third kappa shape index (κ3) is 5.26. The van der Waals surface area contributed by atoms with Crippen LogP contribution in [-0.2, 0) is 27.8 Å². The monoisotopic (exact) mass is 473 g/mol. The summed E-state index contributed by atoms with van der Waals surface area (Å²) in [5.41, 5.74) is 0.966. The molecule has 5 nitrogen and oxygen atoms in total. The van der Waals surface area contributed by atoms with Crippen LogP contribution in [0.4, 0.5) is 4.39 Å². The van der Waals surface area contributed by atoms with Crippen LogP contribution in [0.25, 0.3) is 0 Å². The normalized spacial score (nSPS) is 16.8. The van der Waals surface area contributed by atoms with Gasteiger partial charge in [-0.15, -0.1) is 11.3 Å². The van der Waals surface area contributed by atoms with Crippen molar-refractivity contribution < 1.29 is 22.3 Å². The first kappa shape index (κ1) is 22.6. The number of ketones is 1. The van der Waals surface area contributed by atoms with E-state index >= 15 is 0 Å². The van der Waals surface area contributed by atoms with Crippen molar-refractivity contribution in [1.29, 1.82) is 0 Å². The quantitative estimate of drug-likeness (QED) is 0.447. The number of benzene rings is 2. The van der Waals surface area contributed by atoms with E-state index in [-0.39, 0.29) is 17.1 Å². The lowest BCUT2D eigenvalue weighted by Gasteiger charge is -2.23. The first-order chi connectivity index (χ1) is 15.4. The molecule has 0 spiro atoms. The summed E-state index contributed by atoms with van der Waals surface area (Å²) in [5, 5.41) is 2.00. The van der Waals surface area contributed by atoms with Gasteiger partial charge in [-0.1, -0.05) is 18.2 Å². The SMILES string of the molecule is O=C(CCc1cccc(OCc2cccs2)c1)[C@@H]1CCCN1S(=O)(=O)c1ccc(F)cc1. The van der Waals surface area contributed by atoms with Crippen molar-refractivity contribution in [1.82, 2.24) is 4.31 Å². The Bertz CT molecular complexity index is 1160. The van der Waals surface area contributed by atoms with Crippen LogP contribution in [0.3, 0.4) is 0 Å². The van der Waals surface area contributed by atoms with Gasteiger partial charge in [-0.3, -0.25) is 4.79 Å². The van der Waals surface area contributed by atoms with Crippen LogP contribution < -0.4 is 4.74 Å². The first-order valence-corrected chi connectivity index (χ1v) is 12.8. The maximum atomic E-state index is 13.2. The Balaban J connectivity index is 1.38. The molecular weight excluding hydrogens is 449 g/mol. The van der Waals surface area contributed by atoms with Gasteiger partial charge >= 0.3 is 0 Å². The van der Waals surface area contributed by atoms with Crippen LogP contribution in [-0.4, -0.2) is 31.1 Å². The predicted molar refractivity (Wildman–Crippen MR) is 122 cm³/mol. The van der Waals surface area contributed by atoms with E-state index < -0.39 is 21.9 Å². The number of hydrogen-bond donors (Lipinski definition) is 0. The third-order valence-corrected chi connectivity index (χ3v) is 8.29. The van der Waals surface area contributed by atoms with Gasteiger partial charge in [0.25, 0.3) is 0 Å². The van der Waals surface area contributed by atoms with Gasteiger partial charge in [0.05, 0.1) is 10.9 Å². The van der Waals surface area contributed by atoms with E-state index in [2.05, 4.69) is 0 Å². The second-order valence-corrected chi connectivity index (χ2v) is 10.6. The van der Waals surface area contributed by atoms with E-state index in [0.717, 1.165) is 28.3 Å². The summed E-state index contributed by atoms with van der Waals surface area (Å²) in [7, 11) is -3.84. The van der Waals surface area contributed by atoms with E-state index in [1.165, 1.54) is 16.4 Å². The summed E-state index contributed by atoms with van der Waals surface area (Å²) in [6.45, 7) is 0.792. The zero-order valence-electron chi connectivity index (χ0n) is 17.4. The van der Waals surface area contributed by atoms with Crippen molar-refractivity contribution in [3.8, 4) is 5.75 Å². The molecule has 3 aromatic rings. The third-order valence-electron chi connectivity index (χ3n) is 5.52. The van der Waals surface area contributed by atoms with Gasteiger partial charge < -0.3 is 4.74 Å². The summed E-state index contributed by atoms with van der Waals surface area (Å²) >= 11 is 1.63. The average Bonchev–Trinajstić information content (AvgIpc) is 3.49. The Morgan fingerprint density at radius 1 is 1.12 bits per heavy atom. The van der Waals surface area contributed by atoms with Gasteiger partial charge in [0, 0.05) is 17.8 Å². The molecule has 0 bridgehead atoms. The summed E-state index contributed by atoms with van der Waals surface area (Å²) in [6, 6.07) is 15.7. The molecule has 0 amide bonds. The number of rotatable bonds is 9. The van der Waals surface area contributed by atoms with Crippen molar-refractivity contribution >= 4 is 27.1 Å². The summed E-state index contributed by atoms with van der Waals surface area (Å²) in [6.07, 6.45) is 1.89. The Hall–Kier alpha value is -2.55. The molecule has 1 fully saturated rings. The van der Waals surface area contributed by atoms with Gasteiger partial charge in [0.1, 0.15) is 18.2 Å². The second kappa shape index (κ2) is 9.94. The highest BCUT2D eigenvalue weighted by atomic mass is 32.2. The summed E-state index contributed by atoms with van der Waals surface area (Å²) < 4.78 is 46.3. The fourth-order valence-electron chi connectivity index (χ4n) is 3.87. The molecule has 32 heavy (non-hydrogen) atoms. The molecule has 8 heteroatoms. The molecule has 0 aliphatic carbocycles. The lowest BCUT2D eigenvalue weighted by atomic mass is 10.0. The number of sulfonamides is 1. The Kier molecular flexibility index (Phi) is 7.03. The Morgan fingerprint density at radius 2 is 1.94 bits per heavy atom. The van der Waals surface area contributed by atoms with E-state index in [4.69, 9.17) is 4.74 Å². The molecule has 0 unspecified atom stereocenters. The molecule has 2 heterocycles. The number of aryl methyl sites for hydroxylation is 1. The van der Waals surface area contributed by atoms with Crippen molar-refractivity contribution in [3.63, 3.8) is 0 Å². The molecule has 1 saturated heterocycles. The van der Waals surface area contributed by atoms with Crippen molar-refractivity contribution in [2.45, 2.75) is 43.2 Å². The van der Waals surface area contributed by atoms with Gasteiger partial charge in [-0.2, -0.15) is 4.31 Å². The molecule has 4 rings (SSSR count). The molecular formula is C24H24FNO4S2. The van der Waals surface area contributed by atoms with Crippen molar-refractivity contribution in [3.05, 3.63) is 82.3 Å². The van der Waals surface area contributed by atoms with E-state index in [1.807, 2.05) is 41.8 Å². The van der Waals surface area contributed by atoms with Crippen LogP contribution in [0.2, 0.25) is 0 Å². The van der Waals surface area contributed by atoms with Crippen molar-refractivity contribution in [2.24, 2.45) is 0 Å². The Morgan fingerprint density at radius 3 is 2.69 bits per heavy atom. The number of nitrogens with zero attached hydrogens (tertiary/aromatic N) is 1. The van der Waals surface area contributed by atoms with Crippen LogP contribution in [0, 0.1) is 5.82 Å². The minimum atomic E-state index is -3.84. The largest absolute Gasteiger partial charge is 0.488 e. The number of hydrogen-bond acceptors (Lipinski definition) is 5. The number of thiophene rings is 1. The van der Waals surface area contributed by atoms with Gasteiger partial charge in [0.15, 0.2) is 5.78 Å². The topological polar surface area (TPSA) is 63.7 Å². The smallest absolute Gasteiger partial charge is 0.243 e. The van der Waals surface area contributed by atoms with E-state index in [9.17, 15) is 17.6 Å². The van der Waals surface area contributed by atoms with Gasteiger partial charge in [0.2, 0.25) is 10.0 Å². The number of halogens is 1. The number of carbonyl (C=O) groups is 1. The first-order valence-electron chi connectivity index (χ1n) is 10.5. The molecule has 2 aromatic carbocycles. The maximum absolute atomic E-state index is 13.2. The highest BCUT2D eigenvalue weighted by molar-refractivity contribution is 7.89. The van der Waals surface area contributed by atoms with Gasteiger partial charge in [-0.25, -0.2) is 12.8 Å². The van der Waals surface area contributed by atoms with Crippen LogP contribution in [0.1, 0.15) is 29.7 Å². The minimum Gasteiger partial charge on any atom is -0.488 e. The second-order valence-electron chi connectivity index (χ2n) is 7.71. The minimum absolute atomic E-state index is 0.00851.